The summed E-state index contributed by atoms with van der Waals surface area (Å²) < 4.78 is 12.3. The molecule has 0 saturated heterocycles. The van der Waals surface area contributed by atoms with Crippen LogP contribution in [0.4, 0.5) is 0 Å². The second-order valence-corrected chi connectivity index (χ2v) is 6.35. The number of benzene rings is 1. The standard InChI is InChI=1S/C16H21NO2/c17-15(7-4-8-15)12-5-6-13-14(11-12)19-16(18-13)9-2-1-3-10-16/h5-6,11H,1-4,7-10,17H2. The van der Waals surface area contributed by atoms with Crippen LogP contribution in [-0.2, 0) is 5.54 Å². The molecular weight excluding hydrogens is 238 g/mol. The van der Waals surface area contributed by atoms with Crippen molar-refractivity contribution in [3.05, 3.63) is 23.8 Å². The third-order valence-corrected chi connectivity index (χ3v) is 4.97. The van der Waals surface area contributed by atoms with E-state index in [0.29, 0.717) is 0 Å². The van der Waals surface area contributed by atoms with Gasteiger partial charge in [0.1, 0.15) is 0 Å². The lowest BCUT2D eigenvalue weighted by molar-refractivity contribution is -0.105. The fourth-order valence-corrected chi connectivity index (χ4v) is 3.54. The van der Waals surface area contributed by atoms with Gasteiger partial charge in [0.05, 0.1) is 0 Å². The Balaban J connectivity index is 1.63. The van der Waals surface area contributed by atoms with Crippen molar-refractivity contribution in [3.8, 4) is 11.5 Å². The largest absolute Gasteiger partial charge is 0.448 e. The highest BCUT2D eigenvalue weighted by molar-refractivity contribution is 5.48. The van der Waals surface area contributed by atoms with E-state index >= 15 is 0 Å². The summed E-state index contributed by atoms with van der Waals surface area (Å²) in [6, 6.07) is 6.27. The highest BCUT2D eigenvalue weighted by atomic mass is 16.7. The molecule has 102 valence electrons. The molecule has 0 atom stereocenters. The van der Waals surface area contributed by atoms with Crippen molar-refractivity contribution in [2.75, 3.05) is 0 Å². The molecule has 0 bridgehead atoms. The summed E-state index contributed by atoms with van der Waals surface area (Å²) in [6.07, 6.45) is 9.09. The van der Waals surface area contributed by atoms with E-state index in [1.165, 1.54) is 31.2 Å². The lowest BCUT2D eigenvalue weighted by Crippen LogP contribution is -2.43. The summed E-state index contributed by atoms with van der Waals surface area (Å²) in [5.41, 5.74) is 7.47. The average molecular weight is 259 g/mol. The van der Waals surface area contributed by atoms with Gasteiger partial charge in [-0.15, -0.1) is 0 Å². The normalized spacial score (nSPS) is 26.2. The highest BCUT2D eigenvalue weighted by Gasteiger charge is 2.43. The molecule has 3 heteroatoms. The van der Waals surface area contributed by atoms with Crippen LogP contribution in [0.2, 0.25) is 0 Å². The zero-order chi connectivity index (χ0) is 12.9. The number of fused-ring (bicyclic) bond motifs is 1. The van der Waals surface area contributed by atoms with Crippen LogP contribution in [0.15, 0.2) is 18.2 Å². The Morgan fingerprint density at radius 1 is 0.842 bits per heavy atom. The molecule has 2 N–H and O–H groups in total. The minimum absolute atomic E-state index is 0.124. The molecule has 19 heavy (non-hydrogen) atoms. The minimum atomic E-state index is -0.374. The smallest absolute Gasteiger partial charge is 0.251 e. The molecule has 2 saturated carbocycles. The lowest BCUT2D eigenvalue weighted by Gasteiger charge is -2.38. The minimum Gasteiger partial charge on any atom is -0.448 e. The van der Waals surface area contributed by atoms with Crippen LogP contribution in [-0.4, -0.2) is 5.79 Å². The molecule has 4 rings (SSSR count). The monoisotopic (exact) mass is 259 g/mol. The SMILES string of the molecule is NC1(c2ccc3c(c2)OC2(CCCCC2)O3)CCC1. The zero-order valence-corrected chi connectivity index (χ0v) is 11.3. The van der Waals surface area contributed by atoms with Gasteiger partial charge in [-0.2, -0.15) is 0 Å². The maximum absolute atomic E-state index is 6.39. The predicted molar refractivity (Wildman–Crippen MR) is 73.2 cm³/mol. The van der Waals surface area contributed by atoms with Gasteiger partial charge in [-0.1, -0.05) is 12.5 Å². The quantitative estimate of drug-likeness (QED) is 0.840. The van der Waals surface area contributed by atoms with E-state index < -0.39 is 0 Å². The molecule has 0 amide bonds. The van der Waals surface area contributed by atoms with E-state index in [-0.39, 0.29) is 11.3 Å². The van der Waals surface area contributed by atoms with E-state index in [9.17, 15) is 0 Å². The van der Waals surface area contributed by atoms with Gasteiger partial charge in [0.25, 0.3) is 5.79 Å². The summed E-state index contributed by atoms with van der Waals surface area (Å²) in [5, 5.41) is 0. The van der Waals surface area contributed by atoms with Gasteiger partial charge in [-0.05, 0) is 49.8 Å². The van der Waals surface area contributed by atoms with Gasteiger partial charge in [0.2, 0.25) is 0 Å². The lowest BCUT2D eigenvalue weighted by atomic mass is 9.73. The van der Waals surface area contributed by atoms with Gasteiger partial charge in [0, 0.05) is 18.4 Å². The number of nitrogens with two attached hydrogens (primary N) is 1. The first-order valence-corrected chi connectivity index (χ1v) is 7.51. The molecule has 1 spiro atoms. The summed E-state index contributed by atoms with van der Waals surface area (Å²) in [4.78, 5) is 0. The molecular formula is C16H21NO2. The van der Waals surface area contributed by atoms with Crippen molar-refractivity contribution >= 4 is 0 Å². The van der Waals surface area contributed by atoms with Crippen LogP contribution in [0, 0.1) is 0 Å². The Kier molecular flexibility index (Phi) is 2.37. The maximum Gasteiger partial charge on any atom is 0.251 e. The fraction of sp³-hybridized carbons (Fsp3) is 0.625. The van der Waals surface area contributed by atoms with Gasteiger partial charge >= 0.3 is 0 Å². The van der Waals surface area contributed by atoms with E-state index in [0.717, 1.165) is 37.2 Å². The molecule has 1 aromatic carbocycles. The van der Waals surface area contributed by atoms with Crippen LogP contribution in [0.5, 0.6) is 11.5 Å². The van der Waals surface area contributed by atoms with Crippen LogP contribution in [0.25, 0.3) is 0 Å². The van der Waals surface area contributed by atoms with Crippen molar-refractivity contribution < 1.29 is 9.47 Å². The summed E-state index contributed by atoms with van der Waals surface area (Å²) in [7, 11) is 0. The van der Waals surface area contributed by atoms with Gasteiger partial charge in [0.15, 0.2) is 11.5 Å². The molecule has 1 heterocycles. The summed E-state index contributed by atoms with van der Waals surface area (Å²) in [6.45, 7) is 0. The van der Waals surface area contributed by atoms with Crippen LogP contribution in [0.1, 0.15) is 56.9 Å². The third kappa shape index (κ3) is 1.75. The Bertz CT molecular complexity index is 501. The second-order valence-electron chi connectivity index (χ2n) is 6.35. The molecule has 1 aliphatic heterocycles. The van der Waals surface area contributed by atoms with Crippen molar-refractivity contribution in [2.45, 2.75) is 62.7 Å². The summed E-state index contributed by atoms with van der Waals surface area (Å²) >= 11 is 0. The first-order chi connectivity index (χ1) is 9.19. The Morgan fingerprint density at radius 2 is 1.58 bits per heavy atom. The molecule has 1 aromatic rings. The molecule has 0 aromatic heterocycles. The van der Waals surface area contributed by atoms with E-state index in [4.69, 9.17) is 15.2 Å². The molecule has 3 aliphatic rings. The maximum atomic E-state index is 6.39. The van der Waals surface area contributed by atoms with E-state index in [1.54, 1.807) is 0 Å². The Labute approximate surface area is 114 Å². The second kappa shape index (κ2) is 3.89. The zero-order valence-electron chi connectivity index (χ0n) is 11.3. The van der Waals surface area contributed by atoms with Gasteiger partial charge in [-0.3, -0.25) is 0 Å². The van der Waals surface area contributed by atoms with E-state index in [2.05, 4.69) is 12.1 Å². The van der Waals surface area contributed by atoms with Crippen LogP contribution < -0.4 is 15.2 Å². The first kappa shape index (κ1) is 11.6. The number of hydrogen-bond donors (Lipinski definition) is 1. The molecule has 2 aliphatic carbocycles. The van der Waals surface area contributed by atoms with E-state index in [1.807, 2.05) is 6.07 Å². The first-order valence-electron chi connectivity index (χ1n) is 7.51. The topological polar surface area (TPSA) is 44.5 Å². The molecule has 2 fully saturated rings. The predicted octanol–water partition coefficient (Wildman–Crippen LogP) is 3.46. The third-order valence-electron chi connectivity index (χ3n) is 4.97. The van der Waals surface area contributed by atoms with Gasteiger partial charge < -0.3 is 15.2 Å². The molecule has 3 nitrogen and oxygen atoms in total. The van der Waals surface area contributed by atoms with Crippen molar-refractivity contribution in [1.29, 1.82) is 0 Å². The molecule has 0 unspecified atom stereocenters. The van der Waals surface area contributed by atoms with Crippen molar-refractivity contribution in [3.63, 3.8) is 0 Å². The van der Waals surface area contributed by atoms with Crippen LogP contribution >= 0.6 is 0 Å². The number of rotatable bonds is 1. The van der Waals surface area contributed by atoms with Crippen molar-refractivity contribution in [2.24, 2.45) is 5.73 Å². The summed E-state index contributed by atoms with van der Waals surface area (Å²) in [5.74, 6) is 1.42. The van der Waals surface area contributed by atoms with Gasteiger partial charge in [-0.25, -0.2) is 0 Å². The Hall–Kier alpha value is -1.22. The Morgan fingerprint density at radius 3 is 2.26 bits per heavy atom. The number of hydrogen-bond acceptors (Lipinski definition) is 3. The fourth-order valence-electron chi connectivity index (χ4n) is 3.54. The molecule has 0 radical (unpaired) electrons. The highest BCUT2D eigenvalue weighted by Crippen LogP contribution is 2.48. The number of ether oxygens (including phenoxy) is 2. The van der Waals surface area contributed by atoms with Crippen molar-refractivity contribution in [1.82, 2.24) is 0 Å². The van der Waals surface area contributed by atoms with Crippen LogP contribution in [0.3, 0.4) is 0 Å². The average Bonchev–Trinajstić information content (AvgIpc) is 2.73.